The number of aromatic nitrogens is 1. The van der Waals surface area contributed by atoms with E-state index in [0.29, 0.717) is 21.4 Å². The third-order valence-electron chi connectivity index (χ3n) is 2.14. The van der Waals surface area contributed by atoms with Crippen molar-refractivity contribution in [1.29, 1.82) is 0 Å². The molecule has 0 aliphatic rings. The number of nitrogen functional groups attached to an aromatic ring is 1. The summed E-state index contributed by atoms with van der Waals surface area (Å²) in [7, 11) is 0. The van der Waals surface area contributed by atoms with Gasteiger partial charge in [0.25, 0.3) is 0 Å². The van der Waals surface area contributed by atoms with Gasteiger partial charge in [0, 0.05) is 21.9 Å². The van der Waals surface area contributed by atoms with E-state index >= 15 is 0 Å². The van der Waals surface area contributed by atoms with Crippen molar-refractivity contribution in [2.75, 3.05) is 5.73 Å². The number of anilines is 1. The first-order chi connectivity index (χ1) is 7.68. The zero-order valence-electron chi connectivity index (χ0n) is 8.35. The Morgan fingerprint density at radius 3 is 2.69 bits per heavy atom. The highest BCUT2D eigenvalue weighted by Crippen LogP contribution is 2.21. The van der Waals surface area contributed by atoms with Crippen LogP contribution in [-0.4, -0.2) is 10.8 Å². The number of nitrogens with zero attached hydrogens (tertiary/aromatic N) is 1. The number of pyridine rings is 1. The molecule has 0 saturated carbocycles. The number of halogens is 1. The van der Waals surface area contributed by atoms with E-state index in [1.165, 1.54) is 0 Å². The summed E-state index contributed by atoms with van der Waals surface area (Å²) in [5.74, 6) is -0.118. The van der Waals surface area contributed by atoms with Crippen molar-refractivity contribution in [3.63, 3.8) is 0 Å². The predicted octanol–water partition coefficient (Wildman–Crippen LogP) is 2.66. The zero-order chi connectivity index (χ0) is 11.5. The topological polar surface area (TPSA) is 56.0 Å². The van der Waals surface area contributed by atoms with Crippen LogP contribution >= 0.6 is 15.9 Å². The molecule has 0 unspecified atom stereocenters. The van der Waals surface area contributed by atoms with Crippen LogP contribution in [0.4, 0.5) is 5.69 Å². The molecule has 1 heterocycles. The molecule has 0 amide bonds. The predicted molar refractivity (Wildman–Crippen MR) is 66.2 cm³/mol. The summed E-state index contributed by atoms with van der Waals surface area (Å²) in [6.07, 6.45) is 1.60. The van der Waals surface area contributed by atoms with Crippen molar-refractivity contribution in [3.05, 3.63) is 58.3 Å². The van der Waals surface area contributed by atoms with E-state index in [1.807, 2.05) is 0 Å². The van der Waals surface area contributed by atoms with E-state index in [1.54, 1.807) is 42.6 Å². The molecule has 2 aromatic rings. The Labute approximate surface area is 101 Å². The molecule has 0 radical (unpaired) electrons. The van der Waals surface area contributed by atoms with Gasteiger partial charge in [0.15, 0.2) is 0 Å². The number of carbonyl (C=O) groups is 1. The average Bonchev–Trinajstić information content (AvgIpc) is 2.29. The first-order valence-corrected chi connectivity index (χ1v) is 5.48. The Kier molecular flexibility index (Phi) is 3.01. The highest BCUT2D eigenvalue weighted by Gasteiger charge is 2.13. The largest absolute Gasteiger partial charge is 0.399 e. The summed E-state index contributed by atoms with van der Waals surface area (Å²) in [6.45, 7) is 0. The molecule has 0 bridgehead atoms. The van der Waals surface area contributed by atoms with Gasteiger partial charge in [0.05, 0.1) is 0 Å². The maximum atomic E-state index is 12.0. The van der Waals surface area contributed by atoms with Gasteiger partial charge in [-0.15, -0.1) is 0 Å². The van der Waals surface area contributed by atoms with E-state index in [2.05, 4.69) is 20.9 Å². The molecule has 80 valence electrons. The highest BCUT2D eigenvalue weighted by molar-refractivity contribution is 9.10. The summed E-state index contributed by atoms with van der Waals surface area (Å²) in [5, 5.41) is 0. The molecule has 2 N–H and O–H groups in total. The van der Waals surface area contributed by atoms with E-state index in [0.717, 1.165) is 0 Å². The number of nitrogens with two attached hydrogens (primary N) is 1. The lowest BCUT2D eigenvalue weighted by atomic mass is 10.1. The SMILES string of the molecule is Nc1ccc(C(=O)c2ccccn2)c(Br)c1. The van der Waals surface area contributed by atoms with Crippen molar-refractivity contribution in [1.82, 2.24) is 4.98 Å². The summed E-state index contributed by atoms with van der Waals surface area (Å²) >= 11 is 3.32. The minimum absolute atomic E-state index is 0.118. The third kappa shape index (κ3) is 2.12. The van der Waals surface area contributed by atoms with Gasteiger partial charge < -0.3 is 5.73 Å². The molecule has 0 atom stereocenters. The monoisotopic (exact) mass is 276 g/mol. The van der Waals surface area contributed by atoms with Gasteiger partial charge >= 0.3 is 0 Å². The fraction of sp³-hybridized carbons (Fsp3) is 0. The molecule has 16 heavy (non-hydrogen) atoms. The minimum atomic E-state index is -0.118. The van der Waals surface area contributed by atoms with Crippen LogP contribution in [0.15, 0.2) is 47.1 Å². The second kappa shape index (κ2) is 4.45. The Bertz CT molecular complexity index is 526. The van der Waals surface area contributed by atoms with Gasteiger partial charge in [-0.2, -0.15) is 0 Å². The van der Waals surface area contributed by atoms with Crippen LogP contribution in [0.1, 0.15) is 16.1 Å². The van der Waals surface area contributed by atoms with Gasteiger partial charge in [0.2, 0.25) is 5.78 Å². The Hall–Kier alpha value is -1.68. The fourth-order valence-corrected chi connectivity index (χ4v) is 1.93. The number of benzene rings is 1. The molecule has 4 heteroatoms. The number of carbonyl (C=O) groups excluding carboxylic acids is 1. The Morgan fingerprint density at radius 1 is 1.25 bits per heavy atom. The summed E-state index contributed by atoms with van der Waals surface area (Å²) in [4.78, 5) is 16.1. The molecular formula is C12H9BrN2O. The normalized spacial score (nSPS) is 10.1. The van der Waals surface area contributed by atoms with Crippen LogP contribution in [0.5, 0.6) is 0 Å². The van der Waals surface area contributed by atoms with Gasteiger partial charge in [-0.05, 0) is 46.3 Å². The highest BCUT2D eigenvalue weighted by atomic mass is 79.9. The van der Waals surface area contributed by atoms with E-state index in [-0.39, 0.29) is 5.78 Å². The minimum Gasteiger partial charge on any atom is -0.399 e. The first-order valence-electron chi connectivity index (χ1n) is 4.69. The van der Waals surface area contributed by atoms with Crippen LogP contribution < -0.4 is 5.73 Å². The van der Waals surface area contributed by atoms with Crippen LogP contribution in [0.3, 0.4) is 0 Å². The molecule has 0 spiro atoms. The second-order valence-electron chi connectivity index (χ2n) is 3.28. The third-order valence-corrected chi connectivity index (χ3v) is 2.79. The molecular weight excluding hydrogens is 268 g/mol. The Balaban J connectivity index is 2.42. The van der Waals surface area contributed by atoms with Gasteiger partial charge in [-0.25, -0.2) is 0 Å². The van der Waals surface area contributed by atoms with E-state index < -0.39 is 0 Å². The maximum absolute atomic E-state index is 12.0. The molecule has 0 aliphatic heterocycles. The van der Waals surface area contributed by atoms with Crippen molar-refractivity contribution < 1.29 is 4.79 Å². The quantitative estimate of drug-likeness (QED) is 0.678. The molecule has 0 aliphatic carbocycles. The van der Waals surface area contributed by atoms with Gasteiger partial charge in [-0.3, -0.25) is 9.78 Å². The zero-order valence-corrected chi connectivity index (χ0v) is 9.94. The molecule has 0 saturated heterocycles. The average molecular weight is 277 g/mol. The number of ketones is 1. The lowest BCUT2D eigenvalue weighted by molar-refractivity contribution is 0.103. The van der Waals surface area contributed by atoms with E-state index in [9.17, 15) is 4.79 Å². The number of rotatable bonds is 2. The van der Waals surface area contributed by atoms with Crippen LogP contribution in [-0.2, 0) is 0 Å². The smallest absolute Gasteiger partial charge is 0.212 e. The van der Waals surface area contributed by atoms with E-state index in [4.69, 9.17) is 5.73 Å². The summed E-state index contributed by atoms with van der Waals surface area (Å²) < 4.78 is 0.683. The Morgan fingerprint density at radius 2 is 2.06 bits per heavy atom. The van der Waals surface area contributed by atoms with Crippen LogP contribution in [0.2, 0.25) is 0 Å². The number of hydrogen-bond donors (Lipinski definition) is 1. The van der Waals surface area contributed by atoms with Crippen molar-refractivity contribution in [3.8, 4) is 0 Å². The van der Waals surface area contributed by atoms with Crippen molar-refractivity contribution in [2.45, 2.75) is 0 Å². The molecule has 3 nitrogen and oxygen atoms in total. The molecule has 1 aromatic heterocycles. The summed E-state index contributed by atoms with van der Waals surface area (Å²) in [5.41, 5.74) is 7.21. The molecule has 2 rings (SSSR count). The standard InChI is InChI=1S/C12H9BrN2O/c13-10-7-8(14)4-5-9(10)12(16)11-3-1-2-6-15-11/h1-7H,14H2. The molecule has 1 aromatic carbocycles. The lowest BCUT2D eigenvalue weighted by Gasteiger charge is -2.03. The van der Waals surface area contributed by atoms with Gasteiger partial charge in [0.1, 0.15) is 5.69 Å². The molecule has 0 fully saturated rings. The second-order valence-corrected chi connectivity index (χ2v) is 4.14. The van der Waals surface area contributed by atoms with Crippen LogP contribution in [0.25, 0.3) is 0 Å². The maximum Gasteiger partial charge on any atom is 0.212 e. The van der Waals surface area contributed by atoms with Crippen molar-refractivity contribution in [2.24, 2.45) is 0 Å². The lowest BCUT2D eigenvalue weighted by Crippen LogP contribution is -2.04. The van der Waals surface area contributed by atoms with Crippen LogP contribution in [0, 0.1) is 0 Å². The number of hydrogen-bond acceptors (Lipinski definition) is 3. The van der Waals surface area contributed by atoms with Crippen molar-refractivity contribution >= 4 is 27.4 Å². The summed E-state index contributed by atoms with van der Waals surface area (Å²) in [6, 6.07) is 10.3. The fourth-order valence-electron chi connectivity index (χ4n) is 1.35. The van der Waals surface area contributed by atoms with Gasteiger partial charge in [-0.1, -0.05) is 6.07 Å². The first kappa shape index (κ1) is 10.8.